The molecule has 0 aliphatic rings. The minimum absolute atomic E-state index is 0.425. The third-order valence-electron chi connectivity index (χ3n) is 3.03. The summed E-state index contributed by atoms with van der Waals surface area (Å²) >= 11 is 1.42. The molecule has 0 radical (unpaired) electrons. The number of benzene rings is 1. The first-order chi connectivity index (χ1) is 12.1. The maximum Gasteiger partial charge on any atom is 0.189 e. The summed E-state index contributed by atoms with van der Waals surface area (Å²) in [7, 11) is 4.01. The molecule has 0 saturated heterocycles. The lowest BCUT2D eigenvalue weighted by molar-refractivity contribution is 0.112. The van der Waals surface area contributed by atoms with Gasteiger partial charge in [-0.1, -0.05) is 25.6 Å². The van der Waals surface area contributed by atoms with Gasteiger partial charge in [0.1, 0.15) is 18.2 Å². The predicted octanol–water partition coefficient (Wildman–Crippen LogP) is 3.72. The maximum atomic E-state index is 11.1. The second-order valence-electron chi connectivity index (χ2n) is 5.08. The van der Waals surface area contributed by atoms with Crippen molar-refractivity contribution in [3.63, 3.8) is 0 Å². The van der Waals surface area contributed by atoms with E-state index in [1.165, 1.54) is 18.0 Å². The highest BCUT2D eigenvalue weighted by molar-refractivity contribution is 7.98. The number of carbonyl (C=O) groups excluding carboxylic acids is 1. The van der Waals surface area contributed by atoms with Crippen LogP contribution in [-0.2, 0) is 0 Å². The highest BCUT2D eigenvalue weighted by Gasteiger charge is 2.07. The van der Waals surface area contributed by atoms with E-state index in [9.17, 15) is 4.79 Å². The topological polar surface area (TPSA) is 67.3 Å². The van der Waals surface area contributed by atoms with Crippen LogP contribution in [0.15, 0.2) is 35.6 Å². The zero-order valence-corrected chi connectivity index (χ0v) is 16.3. The van der Waals surface area contributed by atoms with Gasteiger partial charge < -0.3 is 15.0 Å². The van der Waals surface area contributed by atoms with Crippen LogP contribution in [0.4, 0.5) is 11.5 Å². The molecule has 0 spiro atoms. The van der Waals surface area contributed by atoms with Gasteiger partial charge in [0.2, 0.25) is 0 Å². The number of aromatic nitrogens is 2. The molecule has 1 heterocycles. The molecule has 0 unspecified atom stereocenters. The number of hydrogen-bond acceptors (Lipinski definition) is 7. The number of aldehydes is 1. The lowest BCUT2D eigenvalue weighted by Gasteiger charge is -2.12. The van der Waals surface area contributed by atoms with E-state index >= 15 is 0 Å². The van der Waals surface area contributed by atoms with E-state index < -0.39 is 0 Å². The minimum Gasteiger partial charge on any atom is -0.492 e. The molecule has 0 saturated carbocycles. The number of thioether (sulfide) groups is 1. The molecular formula is C18H26N4O2S. The Hall–Kier alpha value is -2.12. The molecule has 2 rings (SSSR count). The molecule has 0 atom stereocenters. The smallest absolute Gasteiger partial charge is 0.189 e. The maximum absolute atomic E-state index is 11.1. The van der Waals surface area contributed by atoms with Gasteiger partial charge in [-0.15, -0.1) is 0 Å². The van der Waals surface area contributed by atoms with Crippen LogP contribution < -0.4 is 10.1 Å². The summed E-state index contributed by atoms with van der Waals surface area (Å²) in [5, 5.41) is 3.75. The van der Waals surface area contributed by atoms with Gasteiger partial charge in [0, 0.05) is 18.4 Å². The van der Waals surface area contributed by atoms with E-state index in [2.05, 4.69) is 20.2 Å². The molecule has 1 aromatic heterocycles. The molecule has 0 aliphatic heterocycles. The van der Waals surface area contributed by atoms with Gasteiger partial charge in [0.15, 0.2) is 11.4 Å². The number of carbonyl (C=O) groups is 1. The third-order valence-corrected chi connectivity index (χ3v) is 3.59. The van der Waals surface area contributed by atoms with Crippen LogP contribution in [0.2, 0.25) is 0 Å². The first-order valence-electron chi connectivity index (χ1n) is 8.13. The fourth-order valence-electron chi connectivity index (χ4n) is 1.78. The van der Waals surface area contributed by atoms with E-state index in [0.717, 1.165) is 24.3 Å². The molecule has 0 aliphatic carbocycles. The van der Waals surface area contributed by atoms with Crippen molar-refractivity contribution in [3.8, 4) is 5.75 Å². The van der Waals surface area contributed by atoms with Crippen molar-refractivity contribution >= 4 is 29.6 Å². The molecular weight excluding hydrogens is 336 g/mol. The summed E-state index contributed by atoms with van der Waals surface area (Å²) < 4.78 is 5.65. The van der Waals surface area contributed by atoms with Crippen LogP contribution in [0.1, 0.15) is 24.2 Å². The van der Waals surface area contributed by atoms with Crippen molar-refractivity contribution in [2.75, 3.05) is 38.8 Å². The van der Waals surface area contributed by atoms with Crippen molar-refractivity contribution in [2.45, 2.75) is 19.0 Å². The average molecular weight is 362 g/mol. The van der Waals surface area contributed by atoms with Crippen molar-refractivity contribution in [2.24, 2.45) is 0 Å². The SMILES string of the molecule is CC.CSc1ncc(C=O)c(Nc2ccc(OCCN(C)C)cc2)n1. The number of nitrogens with one attached hydrogen (secondary N) is 1. The minimum atomic E-state index is 0.425. The molecule has 2 aromatic rings. The summed E-state index contributed by atoms with van der Waals surface area (Å²) in [4.78, 5) is 21.6. The first-order valence-corrected chi connectivity index (χ1v) is 9.35. The van der Waals surface area contributed by atoms with Gasteiger partial charge in [0.05, 0.1) is 5.56 Å². The van der Waals surface area contributed by atoms with Crippen LogP contribution in [0.3, 0.4) is 0 Å². The number of hydrogen-bond donors (Lipinski definition) is 1. The normalized spacial score (nSPS) is 10.0. The van der Waals surface area contributed by atoms with Gasteiger partial charge in [-0.2, -0.15) is 0 Å². The van der Waals surface area contributed by atoms with Crippen LogP contribution in [0.5, 0.6) is 5.75 Å². The van der Waals surface area contributed by atoms with E-state index in [1.807, 2.05) is 58.5 Å². The number of nitrogens with zero attached hydrogens (tertiary/aromatic N) is 3. The van der Waals surface area contributed by atoms with Gasteiger partial charge >= 0.3 is 0 Å². The molecule has 6 nitrogen and oxygen atoms in total. The van der Waals surface area contributed by atoms with E-state index in [1.54, 1.807) is 0 Å². The van der Waals surface area contributed by atoms with Gasteiger partial charge in [-0.3, -0.25) is 4.79 Å². The summed E-state index contributed by atoms with van der Waals surface area (Å²) in [6, 6.07) is 7.55. The lowest BCUT2D eigenvalue weighted by Crippen LogP contribution is -2.19. The summed E-state index contributed by atoms with van der Waals surface area (Å²) in [6.07, 6.45) is 4.15. The second kappa shape index (κ2) is 11.4. The van der Waals surface area contributed by atoms with Crippen LogP contribution >= 0.6 is 11.8 Å². The molecule has 0 bridgehead atoms. The molecule has 1 aromatic carbocycles. The average Bonchev–Trinajstić information content (AvgIpc) is 2.64. The Morgan fingerprint density at radius 1 is 1.24 bits per heavy atom. The number of rotatable bonds is 8. The zero-order chi connectivity index (χ0) is 18.7. The lowest BCUT2D eigenvalue weighted by atomic mass is 10.3. The highest BCUT2D eigenvalue weighted by Crippen LogP contribution is 2.22. The van der Waals surface area contributed by atoms with Crippen LogP contribution in [0.25, 0.3) is 0 Å². The standard InChI is InChI=1S/C16H20N4O2S.C2H6/c1-20(2)8-9-22-14-6-4-13(5-7-14)18-15-12(11-21)10-17-16(19-15)23-3;1-2/h4-7,10-11H,8-9H2,1-3H3,(H,17,18,19);1-2H3. The Kier molecular flexibility index (Phi) is 9.57. The highest BCUT2D eigenvalue weighted by atomic mass is 32.2. The Labute approximate surface area is 154 Å². The monoisotopic (exact) mass is 362 g/mol. The molecule has 25 heavy (non-hydrogen) atoms. The Morgan fingerprint density at radius 3 is 2.48 bits per heavy atom. The molecule has 0 amide bonds. The third kappa shape index (κ3) is 7.11. The van der Waals surface area contributed by atoms with Crippen molar-refractivity contribution in [1.82, 2.24) is 14.9 Å². The van der Waals surface area contributed by atoms with Crippen molar-refractivity contribution in [3.05, 3.63) is 36.0 Å². The molecule has 1 N–H and O–H groups in total. The second-order valence-corrected chi connectivity index (χ2v) is 5.85. The van der Waals surface area contributed by atoms with Crippen LogP contribution in [-0.4, -0.2) is 54.7 Å². The zero-order valence-electron chi connectivity index (χ0n) is 15.4. The number of anilines is 2. The van der Waals surface area contributed by atoms with Crippen LogP contribution in [0, 0.1) is 0 Å². The first kappa shape index (κ1) is 20.9. The largest absolute Gasteiger partial charge is 0.492 e. The summed E-state index contributed by atoms with van der Waals surface area (Å²) in [5.74, 6) is 1.31. The van der Waals surface area contributed by atoms with E-state index in [0.29, 0.717) is 23.1 Å². The number of ether oxygens (including phenoxy) is 1. The summed E-state index contributed by atoms with van der Waals surface area (Å²) in [5.41, 5.74) is 1.26. The molecule has 136 valence electrons. The number of likely N-dealkylation sites (N-methyl/N-ethyl adjacent to an activating group) is 1. The Bertz CT molecular complexity index is 648. The van der Waals surface area contributed by atoms with E-state index in [-0.39, 0.29) is 0 Å². The van der Waals surface area contributed by atoms with Crippen molar-refractivity contribution < 1.29 is 9.53 Å². The van der Waals surface area contributed by atoms with Gasteiger partial charge in [-0.25, -0.2) is 9.97 Å². The van der Waals surface area contributed by atoms with Crippen molar-refractivity contribution in [1.29, 1.82) is 0 Å². The Balaban J connectivity index is 0.00000151. The molecule has 7 heteroatoms. The fraction of sp³-hybridized carbons (Fsp3) is 0.389. The Morgan fingerprint density at radius 2 is 1.92 bits per heavy atom. The fourth-order valence-corrected chi connectivity index (χ4v) is 2.12. The van der Waals surface area contributed by atoms with Gasteiger partial charge in [0.25, 0.3) is 0 Å². The predicted molar refractivity (Wildman–Crippen MR) is 104 cm³/mol. The quantitative estimate of drug-likeness (QED) is 0.436. The van der Waals surface area contributed by atoms with E-state index in [4.69, 9.17) is 4.74 Å². The summed E-state index contributed by atoms with van der Waals surface area (Å²) in [6.45, 7) is 5.50. The van der Waals surface area contributed by atoms with Gasteiger partial charge in [-0.05, 0) is 44.6 Å². The molecule has 0 fully saturated rings.